The molecule has 1 aromatic carbocycles. The van der Waals surface area contributed by atoms with Crippen molar-refractivity contribution in [3.63, 3.8) is 0 Å². The third-order valence-electron chi connectivity index (χ3n) is 3.32. The first-order chi connectivity index (χ1) is 11.7. The zero-order chi connectivity index (χ0) is 18.6. The van der Waals surface area contributed by atoms with Gasteiger partial charge in [0.25, 0.3) is 5.91 Å². The number of carbonyl (C=O) groups excluding carboxylic acids is 2. The molecule has 0 atom stereocenters. The second-order valence-corrected chi connectivity index (χ2v) is 6.64. The Hall–Kier alpha value is -2.83. The predicted octanol–water partition coefficient (Wildman–Crippen LogP) is 2.39. The fraction of sp³-hybridized carbons (Fsp3) is 0.389. The van der Waals surface area contributed by atoms with Crippen LogP contribution < -0.4 is 10.9 Å². The van der Waals surface area contributed by atoms with E-state index in [0.29, 0.717) is 11.0 Å². The van der Waals surface area contributed by atoms with Crippen LogP contribution in [0.25, 0.3) is 11.0 Å². The van der Waals surface area contributed by atoms with Gasteiger partial charge in [0.15, 0.2) is 0 Å². The topological polar surface area (TPSA) is 88.9 Å². The van der Waals surface area contributed by atoms with Crippen LogP contribution >= 0.6 is 0 Å². The molecular weight excluding hydrogens is 324 g/mol. The van der Waals surface area contributed by atoms with Gasteiger partial charge in [0.2, 0.25) is 0 Å². The highest BCUT2D eigenvalue weighted by atomic mass is 16.6. The van der Waals surface area contributed by atoms with Crippen molar-refractivity contribution >= 4 is 23.0 Å². The number of ether oxygens (including phenoxy) is 1. The number of nitrogens with one attached hydrogen (secondary N) is 1. The summed E-state index contributed by atoms with van der Waals surface area (Å²) < 4.78 is 10.4. The molecule has 0 radical (unpaired) electrons. The van der Waals surface area contributed by atoms with Crippen molar-refractivity contribution in [2.75, 3.05) is 20.1 Å². The van der Waals surface area contributed by atoms with Crippen molar-refractivity contribution in [3.8, 4) is 0 Å². The molecule has 1 N–H and O–H groups in total. The Bertz CT molecular complexity index is 835. The van der Waals surface area contributed by atoms with E-state index in [-0.39, 0.29) is 18.7 Å². The van der Waals surface area contributed by atoms with Crippen molar-refractivity contribution in [2.45, 2.75) is 26.4 Å². The van der Waals surface area contributed by atoms with E-state index in [1.165, 1.54) is 11.0 Å². The van der Waals surface area contributed by atoms with Gasteiger partial charge in [-0.3, -0.25) is 4.79 Å². The molecule has 0 aliphatic rings. The maximum Gasteiger partial charge on any atom is 0.410 e. The molecule has 0 spiro atoms. The number of fused-ring (bicyclic) bond motifs is 1. The van der Waals surface area contributed by atoms with Crippen molar-refractivity contribution in [2.24, 2.45) is 0 Å². The number of likely N-dealkylation sites (N-methyl/N-ethyl adjacent to an activating group) is 1. The van der Waals surface area contributed by atoms with Crippen LogP contribution in [0.4, 0.5) is 4.79 Å². The molecule has 7 nitrogen and oxygen atoms in total. The number of amides is 2. The Morgan fingerprint density at radius 3 is 2.60 bits per heavy atom. The fourth-order valence-corrected chi connectivity index (χ4v) is 2.08. The van der Waals surface area contributed by atoms with Crippen molar-refractivity contribution in [3.05, 3.63) is 46.3 Å². The van der Waals surface area contributed by atoms with E-state index in [4.69, 9.17) is 9.15 Å². The number of para-hydroxylation sites is 1. The molecule has 0 aliphatic heterocycles. The molecule has 134 valence electrons. The molecule has 0 unspecified atom stereocenters. The van der Waals surface area contributed by atoms with E-state index in [9.17, 15) is 14.4 Å². The van der Waals surface area contributed by atoms with Crippen LogP contribution in [0.2, 0.25) is 0 Å². The van der Waals surface area contributed by atoms with E-state index in [2.05, 4.69) is 5.32 Å². The Balaban J connectivity index is 1.96. The molecule has 0 saturated carbocycles. The predicted molar refractivity (Wildman–Crippen MR) is 93.7 cm³/mol. The van der Waals surface area contributed by atoms with E-state index in [1.54, 1.807) is 52.1 Å². The molecule has 2 rings (SSSR count). The Kier molecular flexibility index (Phi) is 5.46. The number of hydrogen-bond donors (Lipinski definition) is 1. The van der Waals surface area contributed by atoms with Crippen LogP contribution in [0.15, 0.2) is 39.5 Å². The fourth-order valence-electron chi connectivity index (χ4n) is 2.08. The highest BCUT2D eigenvalue weighted by molar-refractivity contribution is 5.96. The minimum atomic E-state index is -0.698. The average Bonchev–Trinajstić information content (AvgIpc) is 2.52. The summed E-state index contributed by atoms with van der Waals surface area (Å²) in [6, 6.07) is 8.45. The van der Waals surface area contributed by atoms with E-state index in [0.717, 1.165) is 0 Å². The Labute approximate surface area is 145 Å². The summed E-state index contributed by atoms with van der Waals surface area (Å²) in [6.07, 6.45) is -0.480. The van der Waals surface area contributed by atoms with Crippen LogP contribution in [0.1, 0.15) is 31.1 Å². The smallest absolute Gasteiger partial charge is 0.410 e. The lowest BCUT2D eigenvalue weighted by Crippen LogP contribution is -2.39. The van der Waals surface area contributed by atoms with E-state index in [1.807, 2.05) is 0 Å². The van der Waals surface area contributed by atoms with Crippen LogP contribution in [0, 0.1) is 0 Å². The minimum absolute atomic E-state index is 0.0707. The van der Waals surface area contributed by atoms with Gasteiger partial charge in [-0.15, -0.1) is 0 Å². The molecule has 25 heavy (non-hydrogen) atoms. The monoisotopic (exact) mass is 346 g/mol. The minimum Gasteiger partial charge on any atom is -0.444 e. The summed E-state index contributed by atoms with van der Waals surface area (Å²) in [5.74, 6) is -0.544. The van der Waals surface area contributed by atoms with Crippen LogP contribution in [0.3, 0.4) is 0 Å². The third-order valence-corrected chi connectivity index (χ3v) is 3.32. The summed E-state index contributed by atoms with van der Waals surface area (Å²) >= 11 is 0. The first-order valence-corrected chi connectivity index (χ1v) is 7.92. The zero-order valence-corrected chi connectivity index (χ0v) is 14.8. The van der Waals surface area contributed by atoms with Crippen LogP contribution in [-0.2, 0) is 4.74 Å². The van der Waals surface area contributed by atoms with Crippen LogP contribution in [-0.4, -0.2) is 42.6 Å². The van der Waals surface area contributed by atoms with Crippen LogP contribution in [0.5, 0.6) is 0 Å². The normalized spacial score (nSPS) is 11.2. The molecule has 0 aliphatic carbocycles. The standard InChI is InChI=1S/C18H22N2O5/c1-18(2,3)25-17(23)20(4)10-9-19-15(21)13-11-12-7-5-6-8-14(12)24-16(13)22/h5-8,11H,9-10H2,1-4H3,(H,19,21). The lowest BCUT2D eigenvalue weighted by Gasteiger charge is -2.24. The second kappa shape index (κ2) is 7.38. The number of benzene rings is 1. The first kappa shape index (κ1) is 18.5. The molecule has 2 aromatic rings. The summed E-state index contributed by atoms with van der Waals surface area (Å²) in [5.41, 5.74) is -0.928. The molecule has 7 heteroatoms. The molecule has 0 saturated heterocycles. The maximum absolute atomic E-state index is 12.2. The van der Waals surface area contributed by atoms with E-state index < -0.39 is 23.2 Å². The van der Waals surface area contributed by atoms with Crippen molar-refractivity contribution in [1.82, 2.24) is 10.2 Å². The number of hydrogen-bond acceptors (Lipinski definition) is 5. The van der Waals surface area contributed by atoms with Gasteiger partial charge in [-0.1, -0.05) is 18.2 Å². The van der Waals surface area contributed by atoms with Gasteiger partial charge in [0.05, 0.1) is 0 Å². The maximum atomic E-state index is 12.2. The molecule has 1 aromatic heterocycles. The first-order valence-electron chi connectivity index (χ1n) is 7.92. The summed E-state index contributed by atoms with van der Waals surface area (Å²) in [5, 5.41) is 3.27. The molecule has 0 bridgehead atoms. The lowest BCUT2D eigenvalue weighted by molar-refractivity contribution is 0.0299. The molecule has 0 fully saturated rings. The lowest BCUT2D eigenvalue weighted by atomic mass is 10.2. The van der Waals surface area contributed by atoms with Gasteiger partial charge in [0.1, 0.15) is 16.7 Å². The molecule has 1 heterocycles. The van der Waals surface area contributed by atoms with Gasteiger partial charge in [-0.2, -0.15) is 0 Å². The summed E-state index contributed by atoms with van der Waals surface area (Å²) in [4.78, 5) is 37.3. The van der Waals surface area contributed by atoms with Gasteiger partial charge in [-0.05, 0) is 32.9 Å². The Morgan fingerprint density at radius 2 is 1.92 bits per heavy atom. The highest BCUT2D eigenvalue weighted by Gasteiger charge is 2.19. The van der Waals surface area contributed by atoms with Crippen molar-refractivity contribution in [1.29, 1.82) is 0 Å². The third kappa shape index (κ3) is 5.07. The van der Waals surface area contributed by atoms with E-state index >= 15 is 0 Å². The highest BCUT2D eigenvalue weighted by Crippen LogP contribution is 2.12. The van der Waals surface area contributed by atoms with Crippen molar-refractivity contribution < 1.29 is 18.7 Å². The van der Waals surface area contributed by atoms with Gasteiger partial charge in [-0.25, -0.2) is 9.59 Å². The zero-order valence-electron chi connectivity index (χ0n) is 14.8. The SMILES string of the molecule is CN(CCNC(=O)c1cc2ccccc2oc1=O)C(=O)OC(C)(C)C. The summed E-state index contributed by atoms with van der Waals surface area (Å²) in [6.45, 7) is 5.76. The Morgan fingerprint density at radius 1 is 1.24 bits per heavy atom. The van der Waals surface area contributed by atoms with Gasteiger partial charge >= 0.3 is 11.7 Å². The summed E-state index contributed by atoms with van der Waals surface area (Å²) in [7, 11) is 1.57. The molecule has 2 amide bonds. The van der Waals surface area contributed by atoms with Gasteiger partial charge < -0.3 is 19.4 Å². The average molecular weight is 346 g/mol. The number of rotatable bonds is 4. The number of carbonyl (C=O) groups is 2. The molecular formula is C18H22N2O5. The van der Waals surface area contributed by atoms with Gasteiger partial charge in [0, 0.05) is 25.5 Å². The quantitative estimate of drug-likeness (QED) is 0.859. The largest absolute Gasteiger partial charge is 0.444 e. The second-order valence-electron chi connectivity index (χ2n) is 6.64. The number of nitrogens with zero attached hydrogens (tertiary/aromatic N) is 1.